The summed E-state index contributed by atoms with van der Waals surface area (Å²) in [5, 5.41) is 0. The van der Waals surface area contributed by atoms with Gasteiger partial charge in [0.1, 0.15) is 0 Å². The van der Waals surface area contributed by atoms with E-state index in [0.717, 1.165) is 0 Å². The van der Waals surface area contributed by atoms with Crippen molar-refractivity contribution in [2.45, 2.75) is 0 Å². The van der Waals surface area contributed by atoms with Gasteiger partial charge in [-0.2, -0.15) is 0 Å². The van der Waals surface area contributed by atoms with Crippen LogP contribution in [0.15, 0.2) is 0 Å². The van der Waals surface area contributed by atoms with Crippen LogP contribution in [0.25, 0.3) is 0 Å². The number of hydrogen-bond acceptors (Lipinski definition) is 0. The van der Waals surface area contributed by atoms with E-state index in [1.807, 2.05) is 0 Å². The van der Waals surface area contributed by atoms with E-state index < -0.39 is 0 Å². The molecular weight excluding hydrogens is 1290 g/mol. The summed E-state index contributed by atoms with van der Waals surface area (Å²) in [5.74, 6) is 0. The van der Waals surface area contributed by atoms with E-state index in [1.54, 1.807) is 0 Å². The van der Waals surface area contributed by atoms with Crippen LogP contribution in [0.4, 0.5) is 0 Å². The van der Waals surface area contributed by atoms with Gasteiger partial charge in [-0.05, 0) is 0 Å². The molecule has 0 amide bonds. The van der Waals surface area contributed by atoms with Crippen LogP contribution in [-0.4, -0.2) is 161 Å². The molecule has 0 aliphatic rings. The van der Waals surface area contributed by atoms with Gasteiger partial charge in [-0.1, -0.05) is 0 Å². The van der Waals surface area contributed by atoms with Crippen molar-refractivity contribution in [2.75, 3.05) is 0 Å². The maximum absolute atomic E-state index is 0. The molecule has 0 saturated carbocycles. The Bertz CT molecular complexity index is 19.3. The van der Waals surface area contributed by atoms with Crippen LogP contribution in [0.1, 0.15) is 0 Å². The van der Waals surface area contributed by atoms with Crippen LogP contribution < -0.4 is 238 Å². The summed E-state index contributed by atoms with van der Waals surface area (Å²) in [6.45, 7) is 0. The average molecular weight is 1290 g/mol. The minimum atomic E-state index is 0. The van der Waals surface area contributed by atoms with Gasteiger partial charge in [-0.25, -0.2) is 0 Å². The standard InChI is InChI=1S/14BrH.7Mg/h14*1H;;;;;;;/q;;;;;;;;;;;;;;7*+2/p-14. The van der Waals surface area contributed by atoms with E-state index >= 15 is 0 Å². The summed E-state index contributed by atoms with van der Waals surface area (Å²) in [6, 6.07) is 0. The zero-order valence-corrected chi connectivity index (χ0v) is 42.3. The quantitative estimate of drug-likeness (QED) is 0.212. The molecule has 0 unspecified atom stereocenters. The van der Waals surface area contributed by atoms with Crippen LogP contribution in [0.2, 0.25) is 0 Å². The van der Waals surface area contributed by atoms with Gasteiger partial charge in [0.25, 0.3) is 0 Å². The van der Waals surface area contributed by atoms with Crippen LogP contribution in [-0.2, 0) is 0 Å². The fraction of sp³-hybridized carbons (Fsp3) is 0. The van der Waals surface area contributed by atoms with Gasteiger partial charge in [-0.15, -0.1) is 0 Å². The van der Waals surface area contributed by atoms with Crippen molar-refractivity contribution in [3.05, 3.63) is 0 Å². The van der Waals surface area contributed by atoms with Crippen LogP contribution in [0.5, 0.6) is 0 Å². The number of rotatable bonds is 0. The van der Waals surface area contributed by atoms with Crippen molar-refractivity contribution in [3.8, 4) is 0 Å². The second kappa shape index (κ2) is 212. The van der Waals surface area contributed by atoms with E-state index in [1.165, 1.54) is 0 Å². The number of hydrogen-bond donors (Lipinski definition) is 0. The van der Waals surface area contributed by atoms with Gasteiger partial charge < -0.3 is 238 Å². The Hall–Kier alpha value is 12.1. The molecule has 0 radical (unpaired) electrons. The molecule has 0 heterocycles. The Morgan fingerprint density at radius 2 is 0.0952 bits per heavy atom. The van der Waals surface area contributed by atoms with Crippen molar-refractivity contribution in [1.29, 1.82) is 0 Å². The van der Waals surface area contributed by atoms with Crippen LogP contribution in [0, 0.1) is 0 Å². The Morgan fingerprint density at radius 1 is 0.0952 bits per heavy atom. The monoisotopic (exact) mass is 1270 g/mol. The molecule has 0 rings (SSSR count). The molecular formula is Br14Mg7. The normalized spacial score (nSPS) is 0. The first kappa shape index (κ1) is 233. The van der Waals surface area contributed by atoms with Crippen LogP contribution >= 0.6 is 0 Å². The topological polar surface area (TPSA) is 0 Å². The molecule has 0 spiro atoms. The molecule has 0 aromatic heterocycles. The minimum Gasteiger partial charge on any atom is -1.00 e. The van der Waals surface area contributed by atoms with E-state index in [0.29, 0.717) is 0 Å². The molecule has 112 valence electrons. The van der Waals surface area contributed by atoms with E-state index in [-0.39, 0.29) is 399 Å². The molecule has 0 N–H and O–H groups in total. The minimum absolute atomic E-state index is 0. The van der Waals surface area contributed by atoms with Gasteiger partial charge in [0.2, 0.25) is 0 Å². The fourth-order valence-corrected chi connectivity index (χ4v) is 0. The first-order valence-corrected chi connectivity index (χ1v) is 0. The first-order chi connectivity index (χ1) is 0. The van der Waals surface area contributed by atoms with Gasteiger partial charge >= 0.3 is 161 Å². The summed E-state index contributed by atoms with van der Waals surface area (Å²) in [5.41, 5.74) is 0. The molecule has 0 fully saturated rings. The molecule has 0 aliphatic heterocycles. The Balaban J connectivity index is 0. The first-order valence-electron chi connectivity index (χ1n) is 0. The molecule has 0 bridgehead atoms. The Kier molecular flexibility index (Phi) is 2360. The number of halogens is 14. The van der Waals surface area contributed by atoms with Gasteiger partial charge in [0.05, 0.1) is 0 Å². The third kappa shape index (κ3) is 199. The summed E-state index contributed by atoms with van der Waals surface area (Å²) in [6.07, 6.45) is 0. The van der Waals surface area contributed by atoms with Gasteiger partial charge in [-0.3, -0.25) is 0 Å². The van der Waals surface area contributed by atoms with Crippen molar-refractivity contribution in [3.63, 3.8) is 0 Å². The average Bonchev–Trinajstić information content (AvgIpc) is 0. The third-order valence-electron chi connectivity index (χ3n) is 0. The molecule has 0 aliphatic carbocycles. The smallest absolute Gasteiger partial charge is 1.00 e. The second-order valence-corrected chi connectivity index (χ2v) is 0. The Labute approximate surface area is 388 Å². The maximum atomic E-state index is 0. The predicted molar refractivity (Wildman–Crippen MR) is 40.3 cm³/mol. The molecule has 0 atom stereocenters. The molecule has 0 aromatic carbocycles. The van der Waals surface area contributed by atoms with Crippen molar-refractivity contribution >= 4 is 161 Å². The Morgan fingerprint density at radius 3 is 0.0952 bits per heavy atom. The van der Waals surface area contributed by atoms with E-state index in [9.17, 15) is 0 Å². The van der Waals surface area contributed by atoms with E-state index in [4.69, 9.17) is 0 Å². The summed E-state index contributed by atoms with van der Waals surface area (Å²) in [7, 11) is 0. The molecule has 0 nitrogen and oxygen atoms in total. The van der Waals surface area contributed by atoms with Crippen molar-refractivity contribution < 1.29 is 238 Å². The zero-order valence-electron chi connectivity index (χ0n) is 10.2. The zero-order chi connectivity index (χ0) is 0. The third-order valence-corrected chi connectivity index (χ3v) is 0. The van der Waals surface area contributed by atoms with Crippen LogP contribution in [0.3, 0.4) is 0 Å². The molecule has 21 heavy (non-hydrogen) atoms. The summed E-state index contributed by atoms with van der Waals surface area (Å²) in [4.78, 5) is 0. The predicted octanol–water partition coefficient (Wildman–Crippen LogP) is -44.6. The SMILES string of the molecule is [Br-].[Br-].[Br-].[Br-].[Br-].[Br-].[Br-].[Br-].[Br-].[Br-].[Br-].[Br-].[Br-].[Br-].[Mg+2].[Mg+2].[Mg+2].[Mg+2].[Mg+2].[Mg+2].[Mg+2]. The second-order valence-electron chi connectivity index (χ2n) is 0. The maximum Gasteiger partial charge on any atom is 2.00 e. The summed E-state index contributed by atoms with van der Waals surface area (Å²) < 4.78 is 0. The molecule has 21 heteroatoms. The molecule has 0 saturated heterocycles. The largest absolute Gasteiger partial charge is 2.00 e. The van der Waals surface area contributed by atoms with Gasteiger partial charge in [0, 0.05) is 0 Å². The molecule has 0 aromatic rings. The van der Waals surface area contributed by atoms with Gasteiger partial charge in [0.15, 0.2) is 0 Å². The fourth-order valence-electron chi connectivity index (χ4n) is 0. The van der Waals surface area contributed by atoms with Crippen molar-refractivity contribution in [1.82, 2.24) is 0 Å². The van der Waals surface area contributed by atoms with E-state index in [2.05, 4.69) is 0 Å². The summed E-state index contributed by atoms with van der Waals surface area (Å²) >= 11 is 0. The van der Waals surface area contributed by atoms with Crippen molar-refractivity contribution in [2.24, 2.45) is 0 Å².